The predicted octanol–water partition coefficient (Wildman–Crippen LogP) is 5.33. The number of rotatable bonds is 5. The fourth-order valence-electron chi connectivity index (χ4n) is 6.35. The van der Waals surface area contributed by atoms with Gasteiger partial charge in [-0.1, -0.05) is 12.1 Å². The first-order chi connectivity index (χ1) is 18.1. The molecule has 0 N–H and O–H groups in total. The maximum absolute atomic E-state index is 13.5. The second kappa shape index (κ2) is 8.52. The quantitative estimate of drug-likeness (QED) is 0.325. The lowest BCUT2D eigenvalue weighted by molar-refractivity contribution is -0.0302. The third-order valence-corrected chi connectivity index (χ3v) is 8.36. The SMILES string of the molecule is FCC(CF)N1CC2(CCN(c3ccc4c(c3)Cn3cc(-c5ccc(F)cc5)cc3-c3nccn3-4)C2)C1. The van der Waals surface area contributed by atoms with Crippen LogP contribution in [0.3, 0.4) is 0 Å². The summed E-state index contributed by atoms with van der Waals surface area (Å²) in [6.45, 7) is 2.85. The van der Waals surface area contributed by atoms with Gasteiger partial charge in [-0.05, 0) is 53.9 Å². The van der Waals surface area contributed by atoms with Crippen LogP contribution in [0.15, 0.2) is 67.1 Å². The van der Waals surface area contributed by atoms with E-state index in [9.17, 15) is 13.2 Å². The summed E-state index contributed by atoms with van der Waals surface area (Å²) in [6, 6.07) is 14.7. The Morgan fingerprint density at radius 3 is 2.54 bits per heavy atom. The number of halogens is 3. The number of benzene rings is 2. The molecule has 2 aromatic carbocycles. The minimum absolute atomic E-state index is 0.130. The molecule has 3 aliphatic rings. The van der Waals surface area contributed by atoms with Crippen molar-refractivity contribution >= 4 is 5.69 Å². The van der Waals surface area contributed by atoms with Crippen molar-refractivity contribution in [2.24, 2.45) is 5.41 Å². The van der Waals surface area contributed by atoms with Gasteiger partial charge in [0.25, 0.3) is 0 Å². The van der Waals surface area contributed by atoms with E-state index in [1.807, 2.05) is 17.3 Å². The van der Waals surface area contributed by atoms with E-state index >= 15 is 0 Å². The molecule has 0 unspecified atom stereocenters. The van der Waals surface area contributed by atoms with E-state index in [2.05, 4.69) is 49.5 Å². The zero-order valence-electron chi connectivity index (χ0n) is 20.5. The number of imidazole rings is 1. The van der Waals surface area contributed by atoms with E-state index in [1.54, 1.807) is 12.1 Å². The first kappa shape index (κ1) is 22.7. The van der Waals surface area contributed by atoms with Crippen molar-refractivity contribution in [3.63, 3.8) is 0 Å². The zero-order chi connectivity index (χ0) is 25.1. The maximum Gasteiger partial charge on any atom is 0.161 e. The van der Waals surface area contributed by atoms with Crippen LogP contribution < -0.4 is 4.90 Å². The van der Waals surface area contributed by atoms with E-state index < -0.39 is 19.4 Å². The summed E-state index contributed by atoms with van der Waals surface area (Å²) < 4.78 is 44.1. The van der Waals surface area contributed by atoms with Gasteiger partial charge in [-0.3, -0.25) is 9.47 Å². The number of fused-ring (bicyclic) bond motifs is 5. The van der Waals surface area contributed by atoms with Crippen LogP contribution in [0.25, 0.3) is 28.3 Å². The molecule has 190 valence electrons. The summed E-state index contributed by atoms with van der Waals surface area (Å²) in [4.78, 5) is 9.03. The van der Waals surface area contributed by atoms with Gasteiger partial charge in [0.2, 0.25) is 0 Å². The van der Waals surface area contributed by atoms with Crippen molar-refractivity contribution in [2.75, 3.05) is 44.4 Å². The summed E-state index contributed by atoms with van der Waals surface area (Å²) in [5.41, 5.74) is 6.63. The van der Waals surface area contributed by atoms with Gasteiger partial charge in [-0.25, -0.2) is 18.2 Å². The van der Waals surface area contributed by atoms with Crippen molar-refractivity contribution in [1.82, 2.24) is 19.0 Å². The highest BCUT2D eigenvalue weighted by Crippen LogP contribution is 2.43. The number of anilines is 1. The summed E-state index contributed by atoms with van der Waals surface area (Å²) in [6.07, 6.45) is 6.97. The van der Waals surface area contributed by atoms with Crippen LogP contribution in [-0.2, 0) is 6.54 Å². The molecule has 1 spiro atoms. The van der Waals surface area contributed by atoms with E-state index in [1.165, 1.54) is 23.4 Å². The Balaban J connectivity index is 1.18. The Morgan fingerprint density at radius 1 is 0.946 bits per heavy atom. The summed E-state index contributed by atoms with van der Waals surface area (Å²) in [5, 5.41) is 0. The lowest BCUT2D eigenvalue weighted by Gasteiger charge is -2.50. The molecular weight excluding hydrogens is 475 g/mol. The van der Waals surface area contributed by atoms with Crippen molar-refractivity contribution in [2.45, 2.75) is 19.0 Å². The van der Waals surface area contributed by atoms with Gasteiger partial charge in [0.15, 0.2) is 5.82 Å². The molecule has 7 rings (SSSR count). The van der Waals surface area contributed by atoms with Crippen LogP contribution in [0.5, 0.6) is 0 Å². The average Bonchev–Trinajstić information content (AvgIpc) is 3.62. The standard InChI is InChI=1S/C29H28F3N5/c30-13-25(14-31)36-18-29(19-36)7-9-34(17-29)24-5-6-26-22(11-24)16-35-15-21(20-1-3-23(32)4-2-20)12-27(35)28-33-8-10-37(26)28/h1-6,8,10-12,15,25H,7,9,13-14,16-19H2. The van der Waals surface area contributed by atoms with E-state index in [4.69, 9.17) is 0 Å². The molecule has 2 fully saturated rings. The lowest BCUT2D eigenvalue weighted by atomic mass is 9.78. The Hall–Kier alpha value is -3.52. The highest BCUT2D eigenvalue weighted by Gasteiger charge is 2.49. The minimum atomic E-state index is -0.623. The molecule has 37 heavy (non-hydrogen) atoms. The fraction of sp³-hybridized carbons (Fsp3) is 0.345. The maximum atomic E-state index is 13.5. The summed E-state index contributed by atoms with van der Waals surface area (Å²) in [5.74, 6) is 0.634. The molecule has 4 aromatic rings. The van der Waals surface area contributed by atoms with Crippen LogP contribution in [0.4, 0.5) is 18.9 Å². The highest BCUT2D eigenvalue weighted by atomic mass is 19.1. The number of hydrogen-bond donors (Lipinski definition) is 0. The van der Waals surface area contributed by atoms with Crippen LogP contribution in [0.2, 0.25) is 0 Å². The molecule has 3 aliphatic heterocycles. The van der Waals surface area contributed by atoms with Crippen molar-refractivity contribution < 1.29 is 13.2 Å². The largest absolute Gasteiger partial charge is 0.371 e. The van der Waals surface area contributed by atoms with Gasteiger partial charge in [-0.2, -0.15) is 0 Å². The topological polar surface area (TPSA) is 29.2 Å². The van der Waals surface area contributed by atoms with Gasteiger partial charge in [0, 0.05) is 68.0 Å². The molecule has 0 saturated carbocycles. The van der Waals surface area contributed by atoms with Gasteiger partial charge in [0.05, 0.1) is 17.4 Å². The Kier molecular flexibility index (Phi) is 5.22. The fourth-order valence-corrected chi connectivity index (χ4v) is 6.35. The smallest absolute Gasteiger partial charge is 0.161 e. The molecule has 2 aromatic heterocycles. The number of aromatic nitrogens is 3. The summed E-state index contributed by atoms with van der Waals surface area (Å²) in [7, 11) is 0. The van der Waals surface area contributed by atoms with Crippen molar-refractivity contribution in [3.8, 4) is 28.3 Å². The van der Waals surface area contributed by atoms with Crippen LogP contribution in [0.1, 0.15) is 12.0 Å². The second-order valence-corrected chi connectivity index (χ2v) is 10.7. The third kappa shape index (κ3) is 3.69. The first-order valence-corrected chi connectivity index (χ1v) is 12.8. The van der Waals surface area contributed by atoms with Crippen molar-refractivity contribution in [1.29, 1.82) is 0 Å². The average molecular weight is 504 g/mol. The number of alkyl halides is 2. The molecule has 0 amide bonds. The summed E-state index contributed by atoms with van der Waals surface area (Å²) >= 11 is 0. The molecular formula is C29H28F3N5. The normalized spacial score (nSPS) is 18.0. The molecule has 5 heterocycles. The van der Waals surface area contributed by atoms with Gasteiger partial charge >= 0.3 is 0 Å². The number of likely N-dealkylation sites (tertiary alicyclic amines) is 1. The Bertz CT molecular complexity index is 1450. The monoisotopic (exact) mass is 503 g/mol. The van der Waals surface area contributed by atoms with Crippen LogP contribution in [0, 0.1) is 11.2 Å². The van der Waals surface area contributed by atoms with E-state index in [0.29, 0.717) is 6.54 Å². The number of nitrogens with zero attached hydrogens (tertiary/aromatic N) is 5. The highest BCUT2D eigenvalue weighted by molar-refractivity contribution is 5.72. The van der Waals surface area contributed by atoms with Crippen LogP contribution >= 0.6 is 0 Å². The van der Waals surface area contributed by atoms with Gasteiger partial charge < -0.3 is 9.47 Å². The second-order valence-electron chi connectivity index (χ2n) is 10.7. The molecule has 5 nitrogen and oxygen atoms in total. The minimum Gasteiger partial charge on any atom is -0.371 e. The Labute approximate surface area is 213 Å². The zero-order valence-corrected chi connectivity index (χ0v) is 20.5. The molecule has 0 radical (unpaired) electrons. The molecule has 2 saturated heterocycles. The predicted molar refractivity (Wildman–Crippen MR) is 138 cm³/mol. The van der Waals surface area contributed by atoms with Gasteiger partial charge in [-0.15, -0.1) is 0 Å². The van der Waals surface area contributed by atoms with E-state index in [-0.39, 0.29) is 11.2 Å². The molecule has 0 atom stereocenters. The van der Waals surface area contributed by atoms with Gasteiger partial charge in [0.1, 0.15) is 19.2 Å². The molecule has 0 aliphatic carbocycles. The third-order valence-electron chi connectivity index (χ3n) is 8.36. The van der Waals surface area contributed by atoms with Crippen LogP contribution in [-0.4, -0.2) is 64.6 Å². The number of hydrogen-bond acceptors (Lipinski definition) is 3. The van der Waals surface area contributed by atoms with Crippen molar-refractivity contribution in [3.05, 3.63) is 78.5 Å². The lowest BCUT2D eigenvalue weighted by Crippen LogP contribution is -2.61. The molecule has 0 bridgehead atoms. The van der Waals surface area contributed by atoms with E-state index in [0.717, 1.165) is 60.9 Å². The Morgan fingerprint density at radius 2 is 1.76 bits per heavy atom. The molecule has 8 heteroatoms. The first-order valence-electron chi connectivity index (χ1n) is 12.8.